The van der Waals surface area contributed by atoms with Crippen molar-refractivity contribution in [3.05, 3.63) is 48.0 Å². The van der Waals surface area contributed by atoms with E-state index < -0.39 is 5.41 Å². The van der Waals surface area contributed by atoms with Crippen LogP contribution in [-0.4, -0.2) is 11.7 Å². The highest BCUT2D eigenvalue weighted by molar-refractivity contribution is 6.22. The molecule has 0 aliphatic carbocycles. The lowest BCUT2D eigenvalue weighted by Crippen LogP contribution is -2.26. The van der Waals surface area contributed by atoms with E-state index in [-0.39, 0.29) is 5.78 Å². The van der Waals surface area contributed by atoms with E-state index in [4.69, 9.17) is 11.6 Å². The lowest BCUT2D eigenvalue weighted by Gasteiger charge is -2.20. The zero-order valence-corrected chi connectivity index (χ0v) is 10.8. The van der Waals surface area contributed by atoms with Gasteiger partial charge in [-0.2, -0.15) is 0 Å². The van der Waals surface area contributed by atoms with Crippen LogP contribution in [0.5, 0.6) is 0 Å². The third kappa shape index (κ3) is 2.20. The standard InChI is InChI=1S/C15H15ClO/c1-15(2,10-16)14(17)13-9-5-7-11-6-3-4-8-12(11)13/h3-9H,10H2,1-2H3. The number of benzene rings is 2. The molecule has 2 aromatic carbocycles. The van der Waals surface area contributed by atoms with Crippen molar-refractivity contribution in [2.24, 2.45) is 5.41 Å². The maximum absolute atomic E-state index is 12.4. The highest BCUT2D eigenvalue weighted by atomic mass is 35.5. The fourth-order valence-electron chi connectivity index (χ4n) is 1.85. The average molecular weight is 247 g/mol. The Morgan fingerprint density at radius 3 is 2.47 bits per heavy atom. The van der Waals surface area contributed by atoms with Crippen LogP contribution in [0.25, 0.3) is 10.8 Å². The van der Waals surface area contributed by atoms with E-state index in [9.17, 15) is 4.79 Å². The lowest BCUT2D eigenvalue weighted by atomic mass is 9.84. The number of rotatable bonds is 3. The lowest BCUT2D eigenvalue weighted by molar-refractivity contribution is 0.0864. The molecular weight excluding hydrogens is 232 g/mol. The molecule has 17 heavy (non-hydrogen) atoms. The quantitative estimate of drug-likeness (QED) is 0.583. The zero-order chi connectivity index (χ0) is 12.5. The molecule has 0 aliphatic heterocycles. The number of Topliss-reactive ketones (excluding diaryl/α,β-unsaturated/α-hetero) is 1. The molecule has 0 atom stereocenters. The van der Waals surface area contributed by atoms with Gasteiger partial charge >= 0.3 is 0 Å². The second-order valence-corrected chi connectivity index (χ2v) is 5.14. The van der Waals surface area contributed by atoms with Gasteiger partial charge in [0.1, 0.15) is 0 Å². The van der Waals surface area contributed by atoms with Crippen LogP contribution >= 0.6 is 11.6 Å². The Morgan fingerprint density at radius 2 is 1.76 bits per heavy atom. The van der Waals surface area contributed by atoms with E-state index in [1.165, 1.54) is 0 Å². The van der Waals surface area contributed by atoms with Gasteiger partial charge in [0.2, 0.25) is 0 Å². The molecule has 0 amide bonds. The predicted octanol–water partition coefficient (Wildman–Crippen LogP) is 4.29. The molecule has 0 unspecified atom stereocenters. The van der Waals surface area contributed by atoms with E-state index in [0.29, 0.717) is 5.88 Å². The third-order valence-corrected chi connectivity index (χ3v) is 3.65. The number of carbonyl (C=O) groups excluding carboxylic acids is 1. The first-order chi connectivity index (χ1) is 8.06. The van der Waals surface area contributed by atoms with Crippen molar-refractivity contribution in [2.75, 3.05) is 5.88 Å². The SMILES string of the molecule is CC(C)(CCl)C(=O)c1cccc2ccccc12. The van der Waals surface area contributed by atoms with Crippen LogP contribution in [-0.2, 0) is 0 Å². The molecule has 0 saturated carbocycles. The summed E-state index contributed by atoms with van der Waals surface area (Å²) in [5.41, 5.74) is 0.236. The Balaban J connectivity index is 2.60. The summed E-state index contributed by atoms with van der Waals surface area (Å²) in [6.45, 7) is 3.76. The first kappa shape index (κ1) is 12.1. The molecular formula is C15H15ClO. The number of fused-ring (bicyclic) bond motifs is 1. The van der Waals surface area contributed by atoms with Crippen LogP contribution in [0.4, 0.5) is 0 Å². The molecule has 0 radical (unpaired) electrons. The van der Waals surface area contributed by atoms with Crippen molar-refractivity contribution in [3.63, 3.8) is 0 Å². The summed E-state index contributed by atoms with van der Waals surface area (Å²) in [4.78, 5) is 12.4. The summed E-state index contributed by atoms with van der Waals surface area (Å²) in [7, 11) is 0. The number of ketones is 1. The minimum absolute atomic E-state index is 0.101. The molecule has 0 bridgehead atoms. The Hall–Kier alpha value is -1.34. The van der Waals surface area contributed by atoms with Gasteiger partial charge in [-0.05, 0) is 10.8 Å². The number of hydrogen-bond donors (Lipinski definition) is 0. The van der Waals surface area contributed by atoms with Crippen molar-refractivity contribution in [2.45, 2.75) is 13.8 Å². The summed E-state index contributed by atoms with van der Waals surface area (Å²) in [6, 6.07) is 13.7. The Bertz CT molecular complexity index is 552. The Kier molecular flexibility index (Phi) is 3.21. The molecule has 0 spiro atoms. The topological polar surface area (TPSA) is 17.1 Å². The highest BCUT2D eigenvalue weighted by Gasteiger charge is 2.28. The number of alkyl halides is 1. The zero-order valence-electron chi connectivity index (χ0n) is 10.0. The van der Waals surface area contributed by atoms with Gasteiger partial charge in [0.15, 0.2) is 5.78 Å². The Morgan fingerprint density at radius 1 is 1.12 bits per heavy atom. The first-order valence-corrected chi connectivity index (χ1v) is 6.18. The molecule has 2 rings (SSSR count). The van der Waals surface area contributed by atoms with Crippen LogP contribution < -0.4 is 0 Å². The van der Waals surface area contributed by atoms with Crippen molar-refractivity contribution >= 4 is 28.2 Å². The van der Waals surface area contributed by atoms with Gasteiger partial charge in [-0.15, -0.1) is 11.6 Å². The van der Waals surface area contributed by atoms with Crippen LogP contribution in [0, 0.1) is 5.41 Å². The number of halogens is 1. The van der Waals surface area contributed by atoms with Crippen LogP contribution in [0.3, 0.4) is 0 Å². The molecule has 0 heterocycles. The van der Waals surface area contributed by atoms with E-state index in [0.717, 1.165) is 16.3 Å². The largest absolute Gasteiger partial charge is 0.294 e. The van der Waals surface area contributed by atoms with Crippen LogP contribution in [0.15, 0.2) is 42.5 Å². The summed E-state index contributed by atoms with van der Waals surface area (Å²) in [5, 5.41) is 2.09. The molecule has 0 saturated heterocycles. The maximum atomic E-state index is 12.4. The van der Waals surface area contributed by atoms with Crippen molar-refractivity contribution in [1.29, 1.82) is 0 Å². The van der Waals surface area contributed by atoms with Crippen LogP contribution in [0.2, 0.25) is 0 Å². The number of carbonyl (C=O) groups is 1. The van der Waals surface area contributed by atoms with Crippen molar-refractivity contribution < 1.29 is 4.79 Å². The summed E-state index contributed by atoms with van der Waals surface area (Å²) in [5.74, 6) is 0.430. The summed E-state index contributed by atoms with van der Waals surface area (Å²) < 4.78 is 0. The molecule has 88 valence electrons. The van der Waals surface area contributed by atoms with E-state index in [1.54, 1.807) is 0 Å². The minimum atomic E-state index is -0.522. The molecule has 0 N–H and O–H groups in total. The minimum Gasteiger partial charge on any atom is -0.294 e. The second kappa shape index (κ2) is 4.50. The van der Waals surface area contributed by atoms with Gasteiger partial charge in [-0.3, -0.25) is 4.79 Å². The third-order valence-electron chi connectivity index (χ3n) is 2.98. The van der Waals surface area contributed by atoms with Gasteiger partial charge in [0.05, 0.1) is 0 Å². The van der Waals surface area contributed by atoms with E-state index in [1.807, 2.05) is 56.3 Å². The molecule has 2 heteroatoms. The van der Waals surface area contributed by atoms with Gasteiger partial charge in [0, 0.05) is 16.9 Å². The van der Waals surface area contributed by atoms with E-state index in [2.05, 4.69) is 0 Å². The average Bonchev–Trinajstić information content (AvgIpc) is 2.37. The fourth-order valence-corrected chi connectivity index (χ4v) is 1.97. The van der Waals surface area contributed by atoms with Gasteiger partial charge in [-0.1, -0.05) is 56.3 Å². The van der Waals surface area contributed by atoms with Gasteiger partial charge < -0.3 is 0 Å². The van der Waals surface area contributed by atoms with Crippen molar-refractivity contribution in [3.8, 4) is 0 Å². The van der Waals surface area contributed by atoms with E-state index >= 15 is 0 Å². The van der Waals surface area contributed by atoms with Gasteiger partial charge in [0.25, 0.3) is 0 Å². The Labute approximate surface area is 106 Å². The molecule has 0 aromatic heterocycles. The fraction of sp³-hybridized carbons (Fsp3) is 0.267. The molecule has 1 nitrogen and oxygen atoms in total. The summed E-state index contributed by atoms with van der Waals surface area (Å²) >= 11 is 5.87. The second-order valence-electron chi connectivity index (χ2n) is 4.87. The predicted molar refractivity (Wildman–Crippen MR) is 72.8 cm³/mol. The molecule has 0 fully saturated rings. The monoisotopic (exact) mass is 246 g/mol. The number of hydrogen-bond acceptors (Lipinski definition) is 1. The van der Waals surface area contributed by atoms with Crippen LogP contribution in [0.1, 0.15) is 24.2 Å². The molecule has 2 aromatic rings. The first-order valence-electron chi connectivity index (χ1n) is 5.65. The van der Waals surface area contributed by atoms with Gasteiger partial charge in [-0.25, -0.2) is 0 Å². The summed E-state index contributed by atoms with van der Waals surface area (Å²) in [6.07, 6.45) is 0. The normalized spacial score (nSPS) is 11.7. The highest BCUT2D eigenvalue weighted by Crippen LogP contribution is 2.28. The molecule has 0 aliphatic rings. The maximum Gasteiger partial charge on any atom is 0.170 e. The van der Waals surface area contributed by atoms with Crippen molar-refractivity contribution in [1.82, 2.24) is 0 Å². The smallest absolute Gasteiger partial charge is 0.170 e.